The van der Waals surface area contributed by atoms with Crippen molar-refractivity contribution in [3.05, 3.63) is 86.8 Å². The number of aliphatic hydroxyl groups excluding tert-OH is 1. The molecule has 3 aromatic carbocycles. The average Bonchev–Trinajstić information content (AvgIpc) is 3.26. The Balaban J connectivity index is 1.41. The van der Waals surface area contributed by atoms with E-state index in [2.05, 4.69) is 26.6 Å². The summed E-state index contributed by atoms with van der Waals surface area (Å²) in [4.78, 5) is 12.8. The van der Waals surface area contributed by atoms with Crippen molar-refractivity contribution in [2.75, 3.05) is 11.6 Å². The molecule has 3 aromatic rings. The molecule has 1 saturated carbocycles. The highest BCUT2D eigenvalue weighted by atomic mass is 79.9. The van der Waals surface area contributed by atoms with Gasteiger partial charge in [0.2, 0.25) is 0 Å². The minimum Gasteiger partial charge on any atom is -0.489 e. The average molecular weight is 608 g/mol. The van der Waals surface area contributed by atoms with Crippen molar-refractivity contribution in [1.29, 1.82) is 0 Å². The third-order valence-corrected chi connectivity index (χ3v) is 8.17. The van der Waals surface area contributed by atoms with E-state index in [1.54, 1.807) is 6.07 Å². The maximum atomic E-state index is 12.8. The van der Waals surface area contributed by atoms with Gasteiger partial charge in [0.15, 0.2) is 9.84 Å². The van der Waals surface area contributed by atoms with E-state index in [1.165, 1.54) is 18.2 Å². The van der Waals surface area contributed by atoms with E-state index in [0.717, 1.165) is 46.9 Å². The zero-order valence-corrected chi connectivity index (χ0v) is 23.4. The molecule has 37 heavy (non-hydrogen) atoms. The molecule has 3 N–H and O–H groups in total. The fraction of sp³-hybridized carbons (Fsp3) is 0.296. The number of ether oxygens (including phenoxy) is 1. The first-order chi connectivity index (χ1) is 17.6. The summed E-state index contributed by atoms with van der Waals surface area (Å²) in [6, 6.07) is 17.2. The summed E-state index contributed by atoms with van der Waals surface area (Å²) in [5.41, 5.74) is 2.56. The number of carbonyl (C=O) groups excluding carboxylic acids is 1. The zero-order valence-electron chi connectivity index (χ0n) is 20.2. The molecule has 0 radical (unpaired) electrons. The lowest BCUT2D eigenvalue weighted by Crippen LogP contribution is -2.35. The SMILES string of the molecule is CS(=O)(=O)c1ccc(C(=O)Nc2cccc(COc3ccc(Br)cc3CN[C@H]3CCC[C@@H]3O)c2)c(Cl)c1. The Bertz CT molecular complexity index is 1400. The lowest BCUT2D eigenvalue weighted by atomic mass is 10.1. The number of hydrogen-bond donors (Lipinski definition) is 3. The van der Waals surface area contributed by atoms with E-state index >= 15 is 0 Å². The van der Waals surface area contributed by atoms with Crippen LogP contribution in [0.5, 0.6) is 5.75 Å². The molecule has 2 atom stereocenters. The first kappa shape index (κ1) is 27.6. The van der Waals surface area contributed by atoms with Crippen molar-refractivity contribution in [3.63, 3.8) is 0 Å². The molecule has 7 nitrogen and oxygen atoms in total. The molecule has 196 valence electrons. The number of aliphatic hydroxyl groups is 1. The summed E-state index contributed by atoms with van der Waals surface area (Å²) in [7, 11) is -3.43. The summed E-state index contributed by atoms with van der Waals surface area (Å²) in [5.74, 6) is 0.286. The second-order valence-electron chi connectivity index (χ2n) is 9.09. The van der Waals surface area contributed by atoms with Crippen LogP contribution in [0.4, 0.5) is 5.69 Å². The van der Waals surface area contributed by atoms with Gasteiger partial charge in [0.05, 0.1) is 21.6 Å². The molecule has 0 unspecified atom stereocenters. The predicted molar refractivity (Wildman–Crippen MR) is 148 cm³/mol. The molecule has 0 bridgehead atoms. The van der Waals surface area contributed by atoms with E-state index in [0.29, 0.717) is 12.2 Å². The Labute approximate surface area is 230 Å². The Morgan fingerprint density at radius 1 is 1.14 bits per heavy atom. The van der Waals surface area contributed by atoms with E-state index in [1.807, 2.05) is 36.4 Å². The summed E-state index contributed by atoms with van der Waals surface area (Å²) in [6.07, 6.45) is 3.56. The third-order valence-electron chi connectivity index (χ3n) is 6.25. The number of carbonyl (C=O) groups is 1. The van der Waals surface area contributed by atoms with Crippen LogP contribution in [0, 0.1) is 0 Å². The van der Waals surface area contributed by atoms with Gasteiger partial charge in [0.25, 0.3) is 5.91 Å². The summed E-state index contributed by atoms with van der Waals surface area (Å²) in [6.45, 7) is 0.861. The zero-order chi connectivity index (χ0) is 26.6. The molecule has 0 heterocycles. The number of nitrogens with one attached hydrogen (secondary N) is 2. The smallest absolute Gasteiger partial charge is 0.257 e. The molecular weight excluding hydrogens is 580 g/mol. The number of amides is 1. The third kappa shape index (κ3) is 7.33. The van der Waals surface area contributed by atoms with E-state index in [9.17, 15) is 18.3 Å². The van der Waals surface area contributed by atoms with Crippen molar-refractivity contribution in [2.45, 2.75) is 49.5 Å². The minimum atomic E-state index is -3.43. The van der Waals surface area contributed by atoms with Crippen LogP contribution < -0.4 is 15.4 Å². The highest BCUT2D eigenvalue weighted by molar-refractivity contribution is 9.10. The van der Waals surface area contributed by atoms with Crippen LogP contribution >= 0.6 is 27.5 Å². The van der Waals surface area contributed by atoms with Gasteiger partial charge in [0.1, 0.15) is 12.4 Å². The van der Waals surface area contributed by atoms with E-state index in [-0.39, 0.29) is 34.2 Å². The van der Waals surface area contributed by atoms with Gasteiger partial charge in [-0.1, -0.05) is 39.7 Å². The lowest BCUT2D eigenvalue weighted by molar-refractivity contribution is 0.102. The second-order valence-corrected chi connectivity index (χ2v) is 12.4. The summed E-state index contributed by atoms with van der Waals surface area (Å²) in [5, 5.41) is 16.4. The standard InChI is InChI=1S/C27H28BrClN2O5S/c1-37(34,35)21-9-10-22(23(29)14-21)27(33)31-20-5-2-4-17(12-20)16-36-26-11-8-19(28)13-18(26)15-30-24-6-3-7-25(24)32/h2,4-5,8-14,24-25,30,32H,3,6-7,15-16H2,1H3,(H,31,33)/t24-,25-/m0/s1. The molecule has 0 saturated heterocycles. The van der Waals surface area contributed by atoms with Gasteiger partial charge in [0, 0.05) is 34.6 Å². The Kier molecular flexibility index (Phi) is 8.92. The lowest BCUT2D eigenvalue weighted by Gasteiger charge is -2.18. The summed E-state index contributed by atoms with van der Waals surface area (Å²) < 4.78 is 30.5. The van der Waals surface area contributed by atoms with Crippen LogP contribution in [0.1, 0.15) is 40.7 Å². The largest absolute Gasteiger partial charge is 0.489 e. The predicted octanol–water partition coefficient (Wildman–Crippen LogP) is 5.34. The number of benzene rings is 3. The fourth-order valence-electron chi connectivity index (χ4n) is 4.26. The molecule has 4 rings (SSSR count). The number of anilines is 1. The van der Waals surface area contributed by atoms with Gasteiger partial charge >= 0.3 is 0 Å². The van der Waals surface area contributed by atoms with Gasteiger partial charge in [-0.2, -0.15) is 0 Å². The molecule has 1 amide bonds. The van der Waals surface area contributed by atoms with E-state index < -0.39 is 15.7 Å². The van der Waals surface area contributed by atoms with Crippen LogP contribution in [0.2, 0.25) is 5.02 Å². The maximum absolute atomic E-state index is 12.8. The topological polar surface area (TPSA) is 105 Å². The van der Waals surface area contributed by atoms with Crippen LogP contribution in [0.15, 0.2) is 70.0 Å². The highest BCUT2D eigenvalue weighted by Gasteiger charge is 2.24. The minimum absolute atomic E-state index is 0.0510. The number of rotatable bonds is 9. The number of sulfone groups is 1. The molecule has 0 aliphatic heterocycles. The Hall–Kier alpha value is -2.43. The maximum Gasteiger partial charge on any atom is 0.257 e. The van der Waals surface area contributed by atoms with Gasteiger partial charge < -0.3 is 20.5 Å². The monoisotopic (exact) mass is 606 g/mol. The van der Waals surface area contributed by atoms with Gasteiger partial charge in [-0.15, -0.1) is 0 Å². The van der Waals surface area contributed by atoms with Gasteiger partial charge in [-0.05, 0) is 73.4 Å². The second kappa shape index (κ2) is 12.0. The number of halogens is 2. The van der Waals surface area contributed by atoms with Gasteiger partial charge in [-0.3, -0.25) is 4.79 Å². The van der Waals surface area contributed by atoms with Crippen molar-refractivity contribution in [3.8, 4) is 5.75 Å². The molecular formula is C27H28BrClN2O5S. The molecule has 1 aliphatic carbocycles. The molecule has 0 spiro atoms. The highest BCUT2D eigenvalue weighted by Crippen LogP contribution is 2.27. The molecule has 0 aromatic heterocycles. The molecule has 10 heteroatoms. The Morgan fingerprint density at radius 3 is 2.65 bits per heavy atom. The Morgan fingerprint density at radius 2 is 1.95 bits per heavy atom. The van der Waals surface area contributed by atoms with Crippen LogP contribution in [-0.4, -0.2) is 37.8 Å². The van der Waals surface area contributed by atoms with E-state index in [4.69, 9.17) is 16.3 Å². The van der Waals surface area contributed by atoms with Crippen molar-refractivity contribution >= 4 is 49.0 Å². The van der Waals surface area contributed by atoms with Crippen LogP contribution in [0.25, 0.3) is 0 Å². The van der Waals surface area contributed by atoms with Crippen molar-refractivity contribution in [2.24, 2.45) is 0 Å². The van der Waals surface area contributed by atoms with Crippen molar-refractivity contribution in [1.82, 2.24) is 5.32 Å². The normalized spacial score (nSPS) is 17.5. The van der Waals surface area contributed by atoms with Gasteiger partial charge in [-0.25, -0.2) is 8.42 Å². The van der Waals surface area contributed by atoms with Crippen molar-refractivity contribution < 1.29 is 23.1 Å². The first-order valence-corrected chi connectivity index (χ1v) is 14.9. The van der Waals surface area contributed by atoms with Crippen LogP contribution in [0.3, 0.4) is 0 Å². The number of hydrogen-bond acceptors (Lipinski definition) is 6. The molecule has 1 fully saturated rings. The quantitative estimate of drug-likeness (QED) is 0.303. The first-order valence-electron chi connectivity index (χ1n) is 11.8. The fourth-order valence-corrected chi connectivity index (χ4v) is 5.64. The molecule has 1 aliphatic rings. The summed E-state index contributed by atoms with van der Waals surface area (Å²) >= 11 is 9.69. The van der Waals surface area contributed by atoms with Crippen LogP contribution in [-0.2, 0) is 23.0 Å².